The number of unbranched alkanes of at least 4 members (excludes halogenated alkanes) is 4. The predicted octanol–water partition coefficient (Wildman–Crippen LogP) is 4.32. The van der Waals surface area contributed by atoms with E-state index in [2.05, 4.69) is 15.9 Å². The maximum absolute atomic E-state index is 12.0. The van der Waals surface area contributed by atoms with Gasteiger partial charge in [0.2, 0.25) is 0 Å². The summed E-state index contributed by atoms with van der Waals surface area (Å²) in [5.41, 5.74) is 0.361. The Morgan fingerprint density at radius 2 is 1.89 bits per heavy atom. The normalized spacial score (nSPS) is 10.4. The van der Waals surface area contributed by atoms with Crippen LogP contribution in [0.25, 0.3) is 0 Å². The Labute approximate surface area is 123 Å². The van der Waals surface area contributed by atoms with E-state index in [0.717, 1.165) is 24.6 Å². The second-order valence-corrected chi connectivity index (χ2v) is 5.31. The van der Waals surface area contributed by atoms with Crippen molar-refractivity contribution in [2.45, 2.75) is 38.5 Å². The molecule has 0 unspecified atom stereocenters. The third kappa shape index (κ3) is 5.64. The van der Waals surface area contributed by atoms with Crippen molar-refractivity contribution >= 4 is 21.7 Å². The number of carbonyl (C=O) groups excluding carboxylic acids is 1. The molecule has 0 aliphatic carbocycles. The molecule has 0 radical (unpaired) electrons. The van der Waals surface area contributed by atoms with Gasteiger partial charge in [-0.3, -0.25) is 4.79 Å². The van der Waals surface area contributed by atoms with E-state index < -0.39 is 0 Å². The molecular formula is C15H21BrO3. The van der Waals surface area contributed by atoms with Crippen molar-refractivity contribution in [2.24, 2.45) is 0 Å². The lowest BCUT2D eigenvalue weighted by Gasteiger charge is -2.06. The Hall–Kier alpha value is -1.03. The molecule has 1 N–H and O–H groups in total. The molecule has 106 valence electrons. The third-order valence-electron chi connectivity index (χ3n) is 3.04. The van der Waals surface area contributed by atoms with Gasteiger partial charge in [0.15, 0.2) is 5.78 Å². The highest BCUT2D eigenvalue weighted by molar-refractivity contribution is 9.09. The first-order chi connectivity index (χ1) is 9.19. The summed E-state index contributed by atoms with van der Waals surface area (Å²) in [7, 11) is 1.55. The van der Waals surface area contributed by atoms with Crippen molar-refractivity contribution < 1.29 is 14.6 Å². The van der Waals surface area contributed by atoms with Crippen LogP contribution in [-0.2, 0) is 0 Å². The first-order valence-electron chi connectivity index (χ1n) is 6.65. The Kier molecular flexibility index (Phi) is 7.56. The van der Waals surface area contributed by atoms with Crippen molar-refractivity contribution in [1.29, 1.82) is 0 Å². The summed E-state index contributed by atoms with van der Waals surface area (Å²) in [6.07, 6.45) is 5.95. The van der Waals surface area contributed by atoms with E-state index in [-0.39, 0.29) is 11.5 Å². The van der Waals surface area contributed by atoms with Crippen LogP contribution in [0.2, 0.25) is 0 Å². The Bertz CT molecular complexity index is 404. The molecule has 0 aliphatic rings. The lowest BCUT2D eigenvalue weighted by Crippen LogP contribution is -2.00. The number of phenols is 1. The van der Waals surface area contributed by atoms with Crippen molar-refractivity contribution in [1.82, 2.24) is 0 Å². The molecule has 4 heteroatoms. The third-order valence-corrected chi connectivity index (χ3v) is 3.60. The predicted molar refractivity (Wildman–Crippen MR) is 80.5 cm³/mol. The topological polar surface area (TPSA) is 46.5 Å². The highest BCUT2D eigenvalue weighted by Gasteiger charge is 2.11. The van der Waals surface area contributed by atoms with Gasteiger partial charge in [-0.2, -0.15) is 0 Å². The van der Waals surface area contributed by atoms with Gasteiger partial charge in [0.1, 0.15) is 11.5 Å². The highest BCUT2D eigenvalue weighted by Crippen LogP contribution is 2.24. The van der Waals surface area contributed by atoms with Gasteiger partial charge in [-0.25, -0.2) is 0 Å². The zero-order valence-corrected chi connectivity index (χ0v) is 12.9. The first-order valence-corrected chi connectivity index (χ1v) is 7.77. The molecule has 1 aromatic rings. The minimum absolute atomic E-state index is 0.0168. The molecule has 0 heterocycles. The summed E-state index contributed by atoms with van der Waals surface area (Å²) >= 11 is 3.40. The molecule has 0 fully saturated rings. The monoisotopic (exact) mass is 328 g/mol. The van der Waals surface area contributed by atoms with E-state index in [1.54, 1.807) is 19.2 Å². The van der Waals surface area contributed by atoms with Crippen LogP contribution < -0.4 is 4.74 Å². The summed E-state index contributed by atoms with van der Waals surface area (Å²) in [5.74, 6) is 0.612. The second kappa shape index (κ2) is 8.97. The van der Waals surface area contributed by atoms with Gasteiger partial charge in [-0.1, -0.05) is 35.2 Å². The number of rotatable bonds is 9. The molecule has 19 heavy (non-hydrogen) atoms. The zero-order chi connectivity index (χ0) is 14.1. The zero-order valence-electron chi connectivity index (χ0n) is 11.3. The average Bonchev–Trinajstić information content (AvgIpc) is 2.43. The number of hydrogen-bond acceptors (Lipinski definition) is 3. The van der Waals surface area contributed by atoms with Crippen LogP contribution in [0, 0.1) is 0 Å². The largest absolute Gasteiger partial charge is 0.507 e. The van der Waals surface area contributed by atoms with Crippen LogP contribution in [0.15, 0.2) is 18.2 Å². The number of phenolic OH excluding ortho intramolecular Hbond substituents is 1. The number of halogens is 1. The van der Waals surface area contributed by atoms with Crippen LogP contribution in [0.1, 0.15) is 48.9 Å². The van der Waals surface area contributed by atoms with Gasteiger partial charge in [0, 0.05) is 11.8 Å². The molecule has 0 spiro atoms. The van der Waals surface area contributed by atoms with E-state index in [0.29, 0.717) is 17.7 Å². The second-order valence-electron chi connectivity index (χ2n) is 4.51. The number of carbonyl (C=O) groups is 1. The fourth-order valence-corrected chi connectivity index (χ4v) is 2.31. The van der Waals surface area contributed by atoms with E-state index in [4.69, 9.17) is 4.74 Å². The Morgan fingerprint density at radius 1 is 1.21 bits per heavy atom. The number of benzene rings is 1. The standard InChI is InChI=1S/C15H21BrO3/c1-19-12-8-9-15(18)13(11-12)14(17)7-5-3-2-4-6-10-16/h8-9,11,18H,2-7,10H2,1H3. The SMILES string of the molecule is COc1ccc(O)c(C(=O)CCCCCCCBr)c1. The molecule has 0 aromatic heterocycles. The first kappa shape index (κ1) is 16.0. The summed E-state index contributed by atoms with van der Waals surface area (Å²) in [6, 6.07) is 4.75. The molecule has 0 amide bonds. The molecule has 0 atom stereocenters. The van der Waals surface area contributed by atoms with Gasteiger partial charge in [-0.15, -0.1) is 0 Å². The molecule has 0 bridgehead atoms. The number of ketones is 1. The summed E-state index contributed by atoms with van der Waals surface area (Å²) < 4.78 is 5.06. The van der Waals surface area contributed by atoms with Crippen molar-refractivity contribution in [2.75, 3.05) is 12.4 Å². The molecule has 0 saturated carbocycles. The van der Waals surface area contributed by atoms with Crippen LogP contribution in [-0.4, -0.2) is 23.3 Å². The maximum atomic E-state index is 12.0. The molecular weight excluding hydrogens is 308 g/mol. The number of aromatic hydroxyl groups is 1. The van der Waals surface area contributed by atoms with Gasteiger partial charge >= 0.3 is 0 Å². The quantitative estimate of drug-likeness (QED) is 0.417. The van der Waals surface area contributed by atoms with Gasteiger partial charge in [0.25, 0.3) is 0 Å². The Morgan fingerprint density at radius 3 is 2.58 bits per heavy atom. The van der Waals surface area contributed by atoms with E-state index >= 15 is 0 Å². The van der Waals surface area contributed by atoms with Gasteiger partial charge < -0.3 is 9.84 Å². The number of alkyl halides is 1. The molecule has 0 aliphatic heterocycles. The molecule has 3 nitrogen and oxygen atoms in total. The summed E-state index contributed by atoms with van der Waals surface area (Å²) in [4.78, 5) is 12.0. The lowest BCUT2D eigenvalue weighted by atomic mass is 10.0. The van der Waals surface area contributed by atoms with Crippen molar-refractivity contribution in [3.05, 3.63) is 23.8 Å². The van der Waals surface area contributed by atoms with Crippen molar-refractivity contribution in [3.8, 4) is 11.5 Å². The smallest absolute Gasteiger partial charge is 0.166 e. The minimum atomic E-state index is -0.0168. The fourth-order valence-electron chi connectivity index (χ4n) is 1.91. The Balaban J connectivity index is 2.40. The fraction of sp³-hybridized carbons (Fsp3) is 0.533. The number of ether oxygens (including phenoxy) is 1. The van der Waals surface area contributed by atoms with E-state index in [9.17, 15) is 9.90 Å². The maximum Gasteiger partial charge on any atom is 0.166 e. The number of hydrogen-bond donors (Lipinski definition) is 1. The van der Waals surface area contributed by atoms with Crippen LogP contribution >= 0.6 is 15.9 Å². The van der Waals surface area contributed by atoms with Gasteiger partial charge in [-0.05, 0) is 31.0 Å². The van der Waals surface area contributed by atoms with Crippen molar-refractivity contribution in [3.63, 3.8) is 0 Å². The number of methoxy groups -OCH3 is 1. The minimum Gasteiger partial charge on any atom is -0.507 e. The lowest BCUT2D eigenvalue weighted by molar-refractivity contribution is 0.0976. The molecule has 1 rings (SSSR count). The van der Waals surface area contributed by atoms with Crippen LogP contribution in [0.5, 0.6) is 11.5 Å². The average molecular weight is 329 g/mol. The summed E-state index contributed by atoms with van der Waals surface area (Å²) in [5, 5.41) is 10.7. The van der Waals surface area contributed by atoms with Crippen LogP contribution in [0.4, 0.5) is 0 Å². The molecule has 1 aromatic carbocycles. The van der Waals surface area contributed by atoms with E-state index in [1.165, 1.54) is 18.9 Å². The van der Waals surface area contributed by atoms with Gasteiger partial charge in [0.05, 0.1) is 12.7 Å². The molecule has 0 saturated heterocycles. The summed E-state index contributed by atoms with van der Waals surface area (Å²) in [6.45, 7) is 0. The van der Waals surface area contributed by atoms with E-state index in [1.807, 2.05) is 0 Å². The number of Topliss-reactive ketones (excluding diaryl/α,β-unsaturated/α-hetero) is 1. The van der Waals surface area contributed by atoms with Crippen LogP contribution in [0.3, 0.4) is 0 Å². The highest BCUT2D eigenvalue weighted by atomic mass is 79.9.